The van der Waals surface area contributed by atoms with E-state index >= 15 is 0 Å². The Hall–Kier alpha value is -1.83. The molecule has 1 aliphatic carbocycles. The fraction of sp³-hybridized carbons (Fsp3) is 0.450. The highest BCUT2D eigenvalue weighted by Crippen LogP contribution is 2.36. The average Bonchev–Trinajstić information content (AvgIpc) is 3.24. The Kier molecular flexibility index (Phi) is 3.61. The SMILES string of the molecule is O=C(c1cccc2ccccc12)N1CCCC1C1CCCC1. The number of carbonyl (C=O) groups excluding carboxylic acids is 1. The molecule has 2 fully saturated rings. The second-order valence-electron chi connectivity index (χ2n) is 6.78. The molecule has 114 valence electrons. The lowest BCUT2D eigenvalue weighted by Crippen LogP contribution is -2.39. The van der Waals surface area contributed by atoms with Gasteiger partial charge >= 0.3 is 0 Å². The van der Waals surface area contributed by atoms with Crippen LogP contribution in [0.5, 0.6) is 0 Å². The highest BCUT2D eigenvalue weighted by atomic mass is 16.2. The van der Waals surface area contributed by atoms with Crippen LogP contribution in [0.15, 0.2) is 42.5 Å². The Bertz CT molecular complexity index is 682. The van der Waals surface area contributed by atoms with E-state index in [1.807, 2.05) is 24.3 Å². The summed E-state index contributed by atoms with van der Waals surface area (Å²) in [6.45, 7) is 0.934. The molecule has 1 heterocycles. The van der Waals surface area contributed by atoms with Crippen molar-refractivity contribution in [3.63, 3.8) is 0 Å². The van der Waals surface area contributed by atoms with Crippen LogP contribution in [-0.4, -0.2) is 23.4 Å². The van der Waals surface area contributed by atoms with Crippen LogP contribution in [0.25, 0.3) is 10.8 Å². The fourth-order valence-electron chi connectivity index (χ4n) is 4.44. The molecule has 2 aromatic carbocycles. The maximum atomic E-state index is 13.2. The quantitative estimate of drug-likeness (QED) is 0.790. The smallest absolute Gasteiger partial charge is 0.254 e. The number of fused-ring (bicyclic) bond motifs is 1. The summed E-state index contributed by atoms with van der Waals surface area (Å²) in [6, 6.07) is 14.8. The van der Waals surface area contributed by atoms with E-state index in [4.69, 9.17) is 0 Å². The van der Waals surface area contributed by atoms with Crippen molar-refractivity contribution in [3.05, 3.63) is 48.0 Å². The normalized spacial score (nSPS) is 22.5. The van der Waals surface area contributed by atoms with Crippen LogP contribution in [0.4, 0.5) is 0 Å². The number of carbonyl (C=O) groups is 1. The number of hydrogen-bond donors (Lipinski definition) is 0. The van der Waals surface area contributed by atoms with Crippen molar-refractivity contribution >= 4 is 16.7 Å². The van der Waals surface area contributed by atoms with Crippen LogP contribution >= 0.6 is 0 Å². The monoisotopic (exact) mass is 293 g/mol. The summed E-state index contributed by atoms with van der Waals surface area (Å²) in [5, 5.41) is 2.25. The third-order valence-electron chi connectivity index (χ3n) is 5.52. The van der Waals surface area contributed by atoms with E-state index in [-0.39, 0.29) is 5.91 Å². The van der Waals surface area contributed by atoms with Crippen LogP contribution in [0.2, 0.25) is 0 Å². The molecule has 2 heteroatoms. The number of likely N-dealkylation sites (tertiary alicyclic amines) is 1. The van der Waals surface area contributed by atoms with E-state index in [0.717, 1.165) is 35.2 Å². The maximum Gasteiger partial charge on any atom is 0.254 e. The van der Waals surface area contributed by atoms with Gasteiger partial charge in [0.1, 0.15) is 0 Å². The minimum Gasteiger partial charge on any atom is -0.335 e. The molecule has 0 spiro atoms. The fourth-order valence-corrected chi connectivity index (χ4v) is 4.44. The lowest BCUT2D eigenvalue weighted by molar-refractivity contribution is 0.0691. The average molecular weight is 293 g/mol. The van der Waals surface area contributed by atoms with E-state index in [1.54, 1.807) is 0 Å². The van der Waals surface area contributed by atoms with Crippen molar-refractivity contribution in [1.82, 2.24) is 4.90 Å². The second kappa shape index (κ2) is 5.75. The lowest BCUT2D eigenvalue weighted by atomic mass is 9.95. The third-order valence-corrected chi connectivity index (χ3v) is 5.52. The number of benzene rings is 2. The van der Waals surface area contributed by atoms with Crippen molar-refractivity contribution in [3.8, 4) is 0 Å². The molecule has 0 N–H and O–H groups in total. The van der Waals surface area contributed by atoms with Gasteiger partial charge in [-0.3, -0.25) is 4.79 Å². The Morgan fingerprint density at radius 1 is 0.909 bits per heavy atom. The van der Waals surface area contributed by atoms with Gasteiger partial charge in [0, 0.05) is 18.2 Å². The summed E-state index contributed by atoms with van der Waals surface area (Å²) >= 11 is 0. The first-order valence-electron chi connectivity index (χ1n) is 8.63. The minimum atomic E-state index is 0.242. The predicted octanol–water partition coefficient (Wildman–Crippen LogP) is 4.63. The number of nitrogens with zero attached hydrogens (tertiary/aromatic N) is 1. The van der Waals surface area contributed by atoms with E-state index in [1.165, 1.54) is 32.1 Å². The first kappa shape index (κ1) is 13.8. The highest BCUT2D eigenvalue weighted by molar-refractivity contribution is 6.07. The van der Waals surface area contributed by atoms with Gasteiger partial charge < -0.3 is 4.90 Å². The Labute approximate surface area is 132 Å². The maximum absolute atomic E-state index is 13.2. The number of hydrogen-bond acceptors (Lipinski definition) is 1. The van der Waals surface area contributed by atoms with Crippen LogP contribution in [0, 0.1) is 5.92 Å². The van der Waals surface area contributed by atoms with Gasteiger partial charge in [0.15, 0.2) is 0 Å². The first-order chi connectivity index (χ1) is 10.8. The van der Waals surface area contributed by atoms with Gasteiger partial charge in [-0.15, -0.1) is 0 Å². The molecule has 2 aromatic rings. The van der Waals surface area contributed by atoms with Crippen molar-refractivity contribution in [2.75, 3.05) is 6.54 Å². The van der Waals surface area contributed by atoms with Crippen molar-refractivity contribution in [1.29, 1.82) is 0 Å². The zero-order valence-electron chi connectivity index (χ0n) is 13.0. The molecule has 1 amide bonds. The summed E-state index contributed by atoms with van der Waals surface area (Å²) < 4.78 is 0. The molecule has 2 nitrogen and oxygen atoms in total. The Morgan fingerprint density at radius 2 is 1.68 bits per heavy atom. The molecular formula is C20H23NO. The summed E-state index contributed by atoms with van der Waals surface area (Å²) in [4.78, 5) is 15.3. The molecular weight excluding hydrogens is 270 g/mol. The largest absolute Gasteiger partial charge is 0.335 e. The summed E-state index contributed by atoms with van der Waals surface area (Å²) in [5.74, 6) is 0.979. The third kappa shape index (κ3) is 2.31. The van der Waals surface area contributed by atoms with Crippen LogP contribution < -0.4 is 0 Å². The molecule has 4 rings (SSSR count). The minimum absolute atomic E-state index is 0.242. The number of amides is 1. The highest BCUT2D eigenvalue weighted by Gasteiger charge is 2.36. The molecule has 1 aliphatic heterocycles. The number of rotatable bonds is 2. The van der Waals surface area contributed by atoms with Gasteiger partial charge in [0.05, 0.1) is 0 Å². The molecule has 2 aliphatic rings. The molecule has 1 atom stereocenters. The first-order valence-corrected chi connectivity index (χ1v) is 8.63. The Morgan fingerprint density at radius 3 is 2.55 bits per heavy atom. The zero-order valence-corrected chi connectivity index (χ0v) is 13.0. The molecule has 22 heavy (non-hydrogen) atoms. The lowest BCUT2D eigenvalue weighted by Gasteiger charge is -2.30. The molecule has 0 aromatic heterocycles. The van der Waals surface area contributed by atoms with E-state index < -0.39 is 0 Å². The van der Waals surface area contributed by atoms with E-state index in [2.05, 4.69) is 23.1 Å². The van der Waals surface area contributed by atoms with Gasteiger partial charge in [-0.25, -0.2) is 0 Å². The van der Waals surface area contributed by atoms with Gasteiger partial charge in [0.2, 0.25) is 0 Å². The van der Waals surface area contributed by atoms with E-state index in [0.29, 0.717) is 6.04 Å². The molecule has 1 saturated heterocycles. The van der Waals surface area contributed by atoms with Gasteiger partial charge in [-0.1, -0.05) is 49.2 Å². The standard InChI is InChI=1S/C20H23NO/c22-20(18-12-5-10-15-7-3-4-11-17(15)18)21-14-6-13-19(21)16-8-1-2-9-16/h3-5,7,10-12,16,19H,1-2,6,8-9,13-14H2. The summed E-state index contributed by atoms with van der Waals surface area (Å²) in [6.07, 6.45) is 7.67. The molecule has 1 unspecified atom stereocenters. The predicted molar refractivity (Wildman–Crippen MR) is 90.0 cm³/mol. The van der Waals surface area contributed by atoms with Gasteiger partial charge in [-0.2, -0.15) is 0 Å². The van der Waals surface area contributed by atoms with Crippen molar-refractivity contribution < 1.29 is 4.79 Å². The molecule has 0 radical (unpaired) electrons. The zero-order chi connectivity index (χ0) is 14.9. The van der Waals surface area contributed by atoms with Gasteiger partial charge in [0.25, 0.3) is 5.91 Å². The van der Waals surface area contributed by atoms with Gasteiger partial charge in [-0.05, 0) is 48.4 Å². The van der Waals surface area contributed by atoms with Crippen LogP contribution in [0.3, 0.4) is 0 Å². The second-order valence-corrected chi connectivity index (χ2v) is 6.78. The summed E-state index contributed by atoms with van der Waals surface area (Å²) in [5.41, 5.74) is 0.878. The summed E-state index contributed by atoms with van der Waals surface area (Å²) in [7, 11) is 0. The van der Waals surface area contributed by atoms with Crippen LogP contribution in [-0.2, 0) is 0 Å². The van der Waals surface area contributed by atoms with Crippen molar-refractivity contribution in [2.24, 2.45) is 5.92 Å². The molecule has 0 bridgehead atoms. The molecule has 1 saturated carbocycles. The topological polar surface area (TPSA) is 20.3 Å². The Balaban J connectivity index is 1.67. The van der Waals surface area contributed by atoms with Crippen molar-refractivity contribution in [2.45, 2.75) is 44.6 Å². The van der Waals surface area contributed by atoms with E-state index in [9.17, 15) is 4.79 Å². The van der Waals surface area contributed by atoms with Crippen LogP contribution in [0.1, 0.15) is 48.9 Å².